The molecule has 16 N–H and O–H groups in total. The Morgan fingerprint density at radius 3 is 1.07 bits per heavy atom. The smallest absolute Gasteiger partial charge is 0.171 e. The molecular weight excluding hydrogens is 1280 g/mol. The summed E-state index contributed by atoms with van der Waals surface area (Å²) < 4.78 is 68.3. The van der Waals surface area contributed by atoms with Crippen LogP contribution in [0.15, 0.2) is 45.6 Å². The van der Waals surface area contributed by atoms with Crippen LogP contribution in [-0.4, -0.2) is 258 Å². The number of aromatic hydroxyl groups is 8. The first-order chi connectivity index (χ1) is 46.4. The third-order valence-corrected chi connectivity index (χ3v) is 21.7. The van der Waals surface area contributed by atoms with E-state index in [1.165, 1.54) is 14.2 Å². The van der Waals surface area contributed by atoms with Crippen molar-refractivity contribution in [1.82, 2.24) is 9.80 Å². The number of benzene rings is 4. The van der Waals surface area contributed by atoms with Crippen molar-refractivity contribution < 1.29 is 118 Å². The Morgan fingerprint density at radius 1 is 0.490 bits per heavy atom. The Bertz CT molecular complexity index is 3720. The van der Waals surface area contributed by atoms with E-state index in [9.17, 15) is 61.3 Å². The first kappa shape index (κ1) is 70.8. The van der Waals surface area contributed by atoms with Gasteiger partial charge in [0.2, 0.25) is 0 Å². The lowest BCUT2D eigenvalue weighted by Gasteiger charge is -2.58. The van der Waals surface area contributed by atoms with Gasteiger partial charge in [-0.2, -0.15) is 10.2 Å². The molecule has 0 aromatic heterocycles. The lowest BCUT2D eigenvalue weighted by Crippen LogP contribution is -2.71. The van der Waals surface area contributed by atoms with Crippen LogP contribution in [-0.2, 0) is 57.0 Å². The van der Waals surface area contributed by atoms with Gasteiger partial charge in [0.05, 0.1) is 105 Å². The van der Waals surface area contributed by atoms with Gasteiger partial charge in [-0.25, -0.2) is 0 Å². The third-order valence-electron chi connectivity index (χ3n) is 21.7. The summed E-state index contributed by atoms with van der Waals surface area (Å²) in [6.07, 6.45) is -22.9. The first-order valence-electron chi connectivity index (χ1n) is 32.8. The van der Waals surface area contributed by atoms with Crippen molar-refractivity contribution in [3.63, 3.8) is 0 Å². The van der Waals surface area contributed by atoms with Gasteiger partial charge < -0.3 is 130 Å². The molecule has 4 aromatic rings. The fraction of sp³-hybridized carbons (Fsp3) is 0.588. The molecule has 4 heterocycles. The van der Waals surface area contributed by atoms with E-state index in [1.54, 1.807) is 79.5 Å². The Kier molecular flexibility index (Phi) is 18.9. The van der Waals surface area contributed by atoms with E-state index in [2.05, 4.69) is 10.2 Å². The van der Waals surface area contributed by atoms with Gasteiger partial charge in [0.1, 0.15) is 93.0 Å². The van der Waals surface area contributed by atoms with Gasteiger partial charge in [0.25, 0.3) is 0 Å². The molecule has 0 saturated carbocycles. The number of phenols is 8. The number of fused-ring (bicyclic) bond motifs is 6. The highest BCUT2D eigenvalue weighted by Gasteiger charge is 2.72. The standard InChI is InChI=1S/C68H88N6O24/c1-13-67(97-37-21-33(89-11)57(81)25(5)93-37)51(63(87)45-43-47(61(85)41-29(77)17-15-27(75)39(41)59(43)83)53(71-69)49(45)65(67)95-35-19-31(79)55(73(7)8)23(3)91-35)52-64(88)46-44-48(62(86)42-30(78)18-16-28(76)40(42)60(44)84)54(72-70)50(46)66(96-36-20-32(80)56(74(9)10)24(4)92-36)68(52,14-2)98-38-22-34(90-12)58(82)26(6)94-38/h15-18,23-26,31-38,51-52,55-58,65-66,75-86H,13-14,19-22,69-70H2,1-12H3/t23-,24-,25+,26+,31-,32-,33+,34+,35+,36+,37+,38+,51+,52+,55-,56-,57+,58+,65-,66-,67+,68+/m1/s1. The van der Waals surface area contributed by atoms with Crippen molar-refractivity contribution in [3.05, 3.63) is 57.7 Å². The van der Waals surface area contributed by atoms with E-state index in [1.807, 2.05) is 0 Å². The van der Waals surface area contributed by atoms with E-state index in [0.29, 0.717) is 0 Å². The number of nitrogens with two attached hydrogens (primary N) is 2. The Balaban J connectivity index is 1.23. The maximum absolute atomic E-state index is 18.0. The molecule has 4 aliphatic carbocycles. The summed E-state index contributed by atoms with van der Waals surface area (Å²) in [6.45, 7) is 9.67. The molecule has 8 aliphatic rings. The normalized spacial score (nSPS) is 37.4. The summed E-state index contributed by atoms with van der Waals surface area (Å²) in [7, 11) is 9.69. The average Bonchev–Trinajstić information content (AvgIpc) is 1.41. The van der Waals surface area contributed by atoms with Crippen LogP contribution >= 0.6 is 0 Å². The molecule has 12 rings (SSSR count). The number of aliphatic hydroxyl groups is 4. The molecule has 4 aliphatic heterocycles. The van der Waals surface area contributed by atoms with E-state index in [0.717, 1.165) is 24.3 Å². The van der Waals surface area contributed by atoms with Gasteiger partial charge in [-0.15, -0.1) is 0 Å². The summed E-state index contributed by atoms with van der Waals surface area (Å²) in [4.78, 5) is 39.5. The van der Waals surface area contributed by atoms with Crippen molar-refractivity contribution in [1.29, 1.82) is 0 Å². The SMILES string of the molecule is CC[C@@]1(O[C@H]2C[C@H](OC)[C@@H](O)[C@H](C)O2)[C@H](O[C@H]2C[C@@H](O)[C@H](N(C)C)[C@@H](C)O2)C2=C(C(=O)[C@@H]1[C@H]1C(=O)C3=C(C(=NN)c4c3c(O)c3c(O)ccc(O)c3c4O)[C@@H](O[C@H]3C[C@@H](O)[C@H](N(C)C)[C@@H](C)O3)[C@@]1(CC)O[C@H]1C[C@H](OC)[C@@H](O)[C@H](C)O1)c1c(c(O)c3c(O)ccc(O)c3c1O)C2=NN. The van der Waals surface area contributed by atoms with E-state index in [4.69, 9.17) is 59.1 Å². The highest BCUT2D eigenvalue weighted by Crippen LogP contribution is 2.65. The molecule has 22 atom stereocenters. The molecule has 0 radical (unpaired) electrons. The molecule has 4 aromatic carbocycles. The fourth-order valence-corrected chi connectivity index (χ4v) is 17.3. The molecule has 30 nitrogen and oxygen atoms in total. The maximum atomic E-state index is 18.0. The molecule has 0 unspecified atom stereocenters. The number of phenolic OH excluding ortho intramolecular Hbond substituents is 8. The number of hydrazone groups is 2. The predicted octanol–water partition coefficient (Wildman–Crippen LogP) is 2.57. The number of hydrogen-bond donors (Lipinski definition) is 14. The number of ketones is 2. The second kappa shape index (κ2) is 26.1. The third kappa shape index (κ3) is 10.6. The molecule has 4 saturated heterocycles. The summed E-state index contributed by atoms with van der Waals surface area (Å²) >= 11 is 0. The largest absolute Gasteiger partial charge is 0.507 e. The van der Waals surface area contributed by atoms with Crippen molar-refractivity contribution >= 4 is 55.7 Å². The molecule has 98 heavy (non-hydrogen) atoms. The maximum Gasteiger partial charge on any atom is 0.171 e. The summed E-state index contributed by atoms with van der Waals surface area (Å²) in [5.41, 5.74) is -9.76. The Hall–Kier alpha value is -7.08. The second-order valence-corrected chi connectivity index (χ2v) is 27.3. The van der Waals surface area contributed by atoms with Crippen LogP contribution in [0.4, 0.5) is 0 Å². The number of ether oxygens (including phenoxy) is 10. The Labute approximate surface area is 563 Å². The van der Waals surface area contributed by atoms with Gasteiger partial charge in [-0.05, 0) is 93.0 Å². The zero-order valence-electron chi connectivity index (χ0n) is 56.3. The number of hydrogen-bond acceptors (Lipinski definition) is 30. The zero-order valence-corrected chi connectivity index (χ0v) is 56.3. The average molecular weight is 1370 g/mol. The quantitative estimate of drug-likeness (QED) is 0.0462. The first-order valence-corrected chi connectivity index (χ1v) is 32.8. The number of aliphatic hydroxyl groups excluding tert-OH is 4. The van der Waals surface area contributed by atoms with Crippen LogP contribution in [0, 0.1) is 11.8 Å². The molecule has 30 heteroatoms. The minimum atomic E-state index is -2.54. The predicted molar refractivity (Wildman–Crippen MR) is 348 cm³/mol. The summed E-state index contributed by atoms with van der Waals surface area (Å²) in [6, 6.07) is 2.92. The lowest BCUT2D eigenvalue weighted by molar-refractivity contribution is -0.344. The minimum absolute atomic E-state index is 0.287. The van der Waals surface area contributed by atoms with Crippen molar-refractivity contribution in [2.24, 2.45) is 33.7 Å². The van der Waals surface area contributed by atoms with Crippen LogP contribution in [0.5, 0.6) is 46.0 Å². The Morgan fingerprint density at radius 2 is 0.796 bits per heavy atom. The second-order valence-electron chi connectivity index (χ2n) is 27.3. The van der Waals surface area contributed by atoms with Crippen molar-refractivity contribution in [2.75, 3.05) is 42.4 Å². The van der Waals surface area contributed by atoms with Gasteiger partial charge in [0.15, 0.2) is 36.7 Å². The van der Waals surface area contributed by atoms with E-state index >= 15 is 9.59 Å². The number of Topliss-reactive ketones (excluding diaryl/α,β-unsaturated/α-hetero) is 2. The highest BCUT2D eigenvalue weighted by atomic mass is 16.7. The molecule has 0 bridgehead atoms. The van der Waals surface area contributed by atoms with Gasteiger partial charge >= 0.3 is 0 Å². The minimum Gasteiger partial charge on any atom is -0.507 e. The van der Waals surface area contributed by atoms with Crippen LogP contribution in [0.3, 0.4) is 0 Å². The number of carbonyl (C=O) groups is 2. The molecule has 534 valence electrons. The monoisotopic (exact) mass is 1370 g/mol. The number of rotatable bonds is 15. The van der Waals surface area contributed by atoms with Gasteiger partial charge in [-0.1, -0.05) is 13.8 Å². The van der Waals surface area contributed by atoms with Crippen molar-refractivity contribution in [2.45, 2.75) is 202 Å². The number of allylic oxidation sites excluding steroid dienone is 2. The van der Waals surface area contributed by atoms with Gasteiger partial charge in [-0.3, -0.25) is 9.59 Å². The fourth-order valence-electron chi connectivity index (χ4n) is 17.3. The van der Waals surface area contributed by atoms with E-state index < -0.39 is 270 Å². The van der Waals surface area contributed by atoms with Crippen molar-refractivity contribution in [3.8, 4) is 46.0 Å². The topological polar surface area (TPSA) is 452 Å². The number of methoxy groups -OCH3 is 2. The molecular formula is C68H88N6O24. The number of likely N-dealkylation sites (N-methyl/N-ethyl adjacent to an activating group) is 2. The lowest BCUT2D eigenvalue weighted by atomic mass is 9.54. The highest BCUT2D eigenvalue weighted by molar-refractivity contribution is 6.44. The summed E-state index contributed by atoms with van der Waals surface area (Å²) in [5.74, 6) is 0.0725. The summed E-state index contributed by atoms with van der Waals surface area (Å²) in [5, 5.41) is 152. The molecule has 4 fully saturated rings. The van der Waals surface area contributed by atoms with Gasteiger partial charge in [0, 0.05) is 73.3 Å². The number of nitrogens with zero attached hydrogens (tertiary/aromatic N) is 4. The molecule has 0 amide bonds. The van der Waals surface area contributed by atoms with Crippen LogP contribution in [0.2, 0.25) is 0 Å². The van der Waals surface area contributed by atoms with Crippen LogP contribution in [0.1, 0.15) is 102 Å². The van der Waals surface area contributed by atoms with Crippen LogP contribution in [0.25, 0.3) is 32.7 Å². The van der Waals surface area contributed by atoms with E-state index in [-0.39, 0.29) is 36.8 Å². The number of carbonyl (C=O) groups excluding carboxylic acids is 2. The molecule has 0 spiro atoms. The zero-order chi connectivity index (χ0) is 71.1. The van der Waals surface area contributed by atoms with Crippen LogP contribution < -0.4 is 11.7 Å².